The molecule has 2 N–H and O–H groups in total. The van der Waals surface area contributed by atoms with Crippen molar-refractivity contribution >= 4 is 17.3 Å². The molecule has 0 atom stereocenters. The van der Waals surface area contributed by atoms with E-state index in [9.17, 15) is 4.39 Å². The van der Waals surface area contributed by atoms with Gasteiger partial charge in [0, 0.05) is 30.1 Å². The van der Waals surface area contributed by atoms with E-state index in [1.807, 2.05) is 12.1 Å². The number of aromatic nitrogens is 3. The van der Waals surface area contributed by atoms with Crippen LogP contribution in [0.15, 0.2) is 48.9 Å². The fraction of sp³-hybridized carbons (Fsp3) is 0.0667. The highest BCUT2D eigenvalue weighted by molar-refractivity contribution is 6.33. The van der Waals surface area contributed by atoms with Crippen LogP contribution in [0.4, 0.5) is 10.1 Å². The van der Waals surface area contributed by atoms with Gasteiger partial charge in [0.2, 0.25) is 0 Å². The average Bonchev–Trinajstić information content (AvgIpc) is 2.97. The molecular formula is C15H12ClFN4. The molecule has 2 heterocycles. The second-order valence-corrected chi connectivity index (χ2v) is 4.90. The number of aromatic amines is 1. The van der Waals surface area contributed by atoms with Gasteiger partial charge in [-0.25, -0.2) is 4.39 Å². The first-order valence-electron chi connectivity index (χ1n) is 6.35. The van der Waals surface area contributed by atoms with Crippen LogP contribution in [0.2, 0.25) is 5.02 Å². The molecule has 6 heteroatoms. The van der Waals surface area contributed by atoms with E-state index in [4.69, 9.17) is 11.6 Å². The number of benzene rings is 1. The molecule has 0 bridgehead atoms. The molecule has 2 aromatic heterocycles. The minimum atomic E-state index is -0.332. The van der Waals surface area contributed by atoms with Gasteiger partial charge in [0.15, 0.2) is 0 Å². The van der Waals surface area contributed by atoms with Crippen LogP contribution in [0.1, 0.15) is 5.56 Å². The van der Waals surface area contributed by atoms with Gasteiger partial charge in [-0.2, -0.15) is 5.10 Å². The van der Waals surface area contributed by atoms with Gasteiger partial charge >= 0.3 is 0 Å². The second-order valence-electron chi connectivity index (χ2n) is 4.49. The number of nitrogens with one attached hydrogen (secondary N) is 2. The van der Waals surface area contributed by atoms with Gasteiger partial charge in [-0.15, -0.1) is 0 Å². The number of halogens is 2. The summed E-state index contributed by atoms with van der Waals surface area (Å²) in [6.07, 6.45) is 5.19. The Morgan fingerprint density at radius 3 is 2.95 bits per heavy atom. The largest absolute Gasteiger partial charge is 0.380 e. The van der Waals surface area contributed by atoms with Crippen molar-refractivity contribution in [1.82, 2.24) is 15.2 Å². The Morgan fingerprint density at radius 2 is 2.14 bits per heavy atom. The van der Waals surface area contributed by atoms with E-state index in [-0.39, 0.29) is 5.82 Å². The van der Waals surface area contributed by atoms with Crippen molar-refractivity contribution in [2.75, 3.05) is 5.32 Å². The number of rotatable bonds is 4. The number of H-pyrrole nitrogens is 1. The first kappa shape index (κ1) is 13.6. The zero-order valence-electron chi connectivity index (χ0n) is 11.0. The van der Waals surface area contributed by atoms with Crippen LogP contribution < -0.4 is 5.32 Å². The molecule has 0 unspecified atom stereocenters. The molecule has 0 radical (unpaired) electrons. The maximum atomic E-state index is 13.2. The molecule has 106 valence electrons. The Kier molecular flexibility index (Phi) is 3.83. The standard InChI is InChI=1S/C15H12ClFN4/c16-13-4-3-12(17)6-14(13)19-8-11-9-20-21-15(11)10-2-1-5-18-7-10/h1-7,9,19H,8H2,(H,20,21). The van der Waals surface area contributed by atoms with E-state index in [1.54, 1.807) is 18.6 Å². The predicted molar refractivity (Wildman–Crippen MR) is 80.6 cm³/mol. The number of nitrogens with zero attached hydrogens (tertiary/aromatic N) is 2. The summed E-state index contributed by atoms with van der Waals surface area (Å²) in [4.78, 5) is 4.09. The topological polar surface area (TPSA) is 53.6 Å². The second kappa shape index (κ2) is 5.93. The molecule has 0 aliphatic heterocycles. The summed E-state index contributed by atoms with van der Waals surface area (Å²) in [5.41, 5.74) is 3.32. The first-order chi connectivity index (χ1) is 10.2. The molecule has 0 saturated carbocycles. The quantitative estimate of drug-likeness (QED) is 0.769. The predicted octanol–water partition coefficient (Wildman–Crippen LogP) is 3.88. The van der Waals surface area contributed by atoms with E-state index in [0.717, 1.165) is 16.8 Å². The van der Waals surface area contributed by atoms with Crippen molar-refractivity contribution < 1.29 is 4.39 Å². The monoisotopic (exact) mass is 302 g/mol. The van der Waals surface area contributed by atoms with Crippen LogP contribution in [0, 0.1) is 5.82 Å². The van der Waals surface area contributed by atoms with Gasteiger partial charge in [-0.1, -0.05) is 11.6 Å². The lowest BCUT2D eigenvalue weighted by atomic mass is 10.1. The third-order valence-corrected chi connectivity index (χ3v) is 3.40. The van der Waals surface area contributed by atoms with Crippen molar-refractivity contribution in [3.8, 4) is 11.3 Å². The highest BCUT2D eigenvalue weighted by Gasteiger charge is 2.09. The SMILES string of the molecule is Fc1ccc(Cl)c(NCc2cn[nH]c2-c2cccnc2)c1. The molecule has 3 aromatic rings. The minimum absolute atomic E-state index is 0.332. The summed E-state index contributed by atoms with van der Waals surface area (Å²) in [6.45, 7) is 0.476. The number of pyridine rings is 1. The van der Waals surface area contributed by atoms with E-state index in [0.29, 0.717) is 17.3 Å². The van der Waals surface area contributed by atoms with Crippen LogP contribution in [0.3, 0.4) is 0 Å². The van der Waals surface area contributed by atoms with Gasteiger partial charge in [0.25, 0.3) is 0 Å². The van der Waals surface area contributed by atoms with Crippen LogP contribution in [-0.4, -0.2) is 15.2 Å². The third kappa shape index (κ3) is 3.03. The Hall–Kier alpha value is -2.40. The van der Waals surface area contributed by atoms with Gasteiger partial charge in [-0.3, -0.25) is 10.1 Å². The highest BCUT2D eigenvalue weighted by atomic mass is 35.5. The summed E-state index contributed by atoms with van der Waals surface area (Å²) < 4.78 is 13.2. The van der Waals surface area contributed by atoms with Crippen molar-refractivity contribution in [1.29, 1.82) is 0 Å². The van der Waals surface area contributed by atoms with Crippen LogP contribution in [-0.2, 0) is 6.54 Å². The van der Waals surface area contributed by atoms with E-state index in [1.165, 1.54) is 18.2 Å². The normalized spacial score (nSPS) is 10.6. The van der Waals surface area contributed by atoms with E-state index in [2.05, 4.69) is 20.5 Å². The summed E-state index contributed by atoms with van der Waals surface area (Å²) >= 11 is 6.03. The van der Waals surface area contributed by atoms with Gasteiger partial charge in [-0.05, 0) is 30.3 Å². The summed E-state index contributed by atoms with van der Waals surface area (Å²) in [7, 11) is 0. The van der Waals surface area contributed by atoms with Gasteiger partial charge < -0.3 is 5.32 Å². The van der Waals surface area contributed by atoms with Crippen LogP contribution in [0.5, 0.6) is 0 Å². The number of anilines is 1. The first-order valence-corrected chi connectivity index (χ1v) is 6.73. The zero-order chi connectivity index (χ0) is 14.7. The number of hydrogen-bond donors (Lipinski definition) is 2. The smallest absolute Gasteiger partial charge is 0.125 e. The molecule has 0 fully saturated rings. The fourth-order valence-corrected chi connectivity index (χ4v) is 2.21. The van der Waals surface area contributed by atoms with Gasteiger partial charge in [0.1, 0.15) is 5.82 Å². The van der Waals surface area contributed by atoms with Gasteiger partial charge in [0.05, 0.1) is 22.6 Å². The lowest BCUT2D eigenvalue weighted by Gasteiger charge is -2.09. The van der Waals surface area contributed by atoms with Crippen LogP contribution in [0.25, 0.3) is 11.3 Å². The fourth-order valence-electron chi connectivity index (χ4n) is 2.03. The molecule has 21 heavy (non-hydrogen) atoms. The lowest BCUT2D eigenvalue weighted by Crippen LogP contribution is -2.01. The average molecular weight is 303 g/mol. The van der Waals surface area contributed by atoms with E-state index < -0.39 is 0 Å². The Morgan fingerprint density at radius 1 is 1.24 bits per heavy atom. The molecule has 0 spiro atoms. The Labute approximate surface area is 126 Å². The van der Waals surface area contributed by atoms with Crippen LogP contribution >= 0.6 is 11.6 Å². The third-order valence-electron chi connectivity index (χ3n) is 3.07. The van der Waals surface area contributed by atoms with Crippen molar-refractivity contribution in [2.24, 2.45) is 0 Å². The number of hydrogen-bond acceptors (Lipinski definition) is 3. The lowest BCUT2D eigenvalue weighted by molar-refractivity contribution is 0.628. The molecule has 1 aromatic carbocycles. The maximum Gasteiger partial charge on any atom is 0.125 e. The van der Waals surface area contributed by atoms with Crippen molar-refractivity contribution in [3.63, 3.8) is 0 Å². The van der Waals surface area contributed by atoms with Crippen molar-refractivity contribution in [3.05, 3.63) is 65.3 Å². The molecule has 0 aliphatic rings. The molecule has 3 rings (SSSR count). The zero-order valence-corrected chi connectivity index (χ0v) is 11.7. The Balaban J connectivity index is 1.81. The summed E-state index contributed by atoms with van der Waals surface area (Å²) in [5, 5.41) is 10.6. The van der Waals surface area contributed by atoms with Crippen molar-refractivity contribution in [2.45, 2.75) is 6.54 Å². The summed E-state index contributed by atoms with van der Waals surface area (Å²) in [5.74, 6) is -0.332. The molecule has 4 nitrogen and oxygen atoms in total. The molecule has 0 saturated heterocycles. The maximum absolute atomic E-state index is 13.2. The Bertz CT molecular complexity index is 742. The summed E-state index contributed by atoms with van der Waals surface area (Å²) in [6, 6.07) is 8.02. The molecule has 0 amide bonds. The minimum Gasteiger partial charge on any atom is -0.380 e. The molecular weight excluding hydrogens is 291 g/mol. The van der Waals surface area contributed by atoms with E-state index >= 15 is 0 Å². The highest BCUT2D eigenvalue weighted by Crippen LogP contribution is 2.25. The molecule has 0 aliphatic carbocycles.